The van der Waals surface area contributed by atoms with Crippen molar-refractivity contribution in [3.63, 3.8) is 0 Å². The lowest BCUT2D eigenvalue weighted by atomic mass is 10.3. The van der Waals surface area contributed by atoms with E-state index in [2.05, 4.69) is 0 Å². The highest BCUT2D eigenvalue weighted by Crippen LogP contribution is 2.12. The molecule has 78 valence electrons. The van der Waals surface area contributed by atoms with Crippen LogP contribution in [0.3, 0.4) is 0 Å². The van der Waals surface area contributed by atoms with Crippen molar-refractivity contribution in [3.05, 3.63) is 44.3 Å². The fourth-order valence-electron chi connectivity index (χ4n) is 1.53. The number of benzene rings is 1. The zero-order valence-electron chi connectivity index (χ0n) is 8.56. The first-order chi connectivity index (χ1) is 7.11. The Kier molecular flexibility index (Phi) is 2.44. The van der Waals surface area contributed by atoms with E-state index in [0.717, 1.165) is 16.0 Å². The third kappa shape index (κ3) is 1.61. The van der Waals surface area contributed by atoms with Crippen LogP contribution in [0.15, 0.2) is 33.9 Å². The maximum absolute atomic E-state index is 12.0. The van der Waals surface area contributed by atoms with E-state index in [0.29, 0.717) is 5.39 Å². The van der Waals surface area contributed by atoms with E-state index in [1.54, 1.807) is 12.1 Å². The van der Waals surface area contributed by atoms with Crippen LogP contribution in [-0.2, 0) is 0 Å². The molecule has 0 spiro atoms. The third-order valence-corrected chi connectivity index (χ3v) is 3.19. The summed E-state index contributed by atoms with van der Waals surface area (Å²) < 4.78 is 2.05. The van der Waals surface area contributed by atoms with Gasteiger partial charge in [-0.25, -0.2) is 0 Å². The second kappa shape index (κ2) is 3.62. The molecule has 0 radical (unpaired) electrons. The summed E-state index contributed by atoms with van der Waals surface area (Å²) in [7, 11) is 0. The molecule has 0 unspecified atom stereocenters. The quantitative estimate of drug-likeness (QED) is 0.739. The van der Waals surface area contributed by atoms with Crippen molar-refractivity contribution < 1.29 is 0 Å². The highest BCUT2D eigenvalue weighted by atomic mass is 32.1. The predicted octanol–water partition coefficient (Wildman–Crippen LogP) is 2.00. The maximum atomic E-state index is 12.0. The van der Waals surface area contributed by atoms with Crippen LogP contribution in [0.4, 0.5) is 0 Å². The topological polar surface area (TPSA) is 39.1 Å². The van der Waals surface area contributed by atoms with Gasteiger partial charge in [0.25, 0.3) is 5.56 Å². The molecule has 15 heavy (non-hydrogen) atoms. The number of hydrogen-bond donors (Lipinski definition) is 0. The molecule has 3 nitrogen and oxygen atoms in total. The van der Waals surface area contributed by atoms with Gasteiger partial charge >= 0.3 is 4.87 Å². The standard InChI is InChI=1S/C11H11NO2S/c1-7(2)12-10(13)8-5-3-4-6-9(8)15-11(12)14/h3-7H,1-2H3. The van der Waals surface area contributed by atoms with Crippen LogP contribution in [0.2, 0.25) is 0 Å². The molecule has 0 atom stereocenters. The molecule has 0 saturated carbocycles. The average Bonchev–Trinajstić information content (AvgIpc) is 2.17. The van der Waals surface area contributed by atoms with E-state index < -0.39 is 0 Å². The fourth-order valence-corrected chi connectivity index (χ4v) is 2.53. The molecule has 2 rings (SSSR count). The van der Waals surface area contributed by atoms with Crippen molar-refractivity contribution in [3.8, 4) is 0 Å². The van der Waals surface area contributed by atoms with Crippen LogP contribution >= 0.6 is 11.3 Å². The Hall–Kier alpha value is -1.42. The van der Waals surface area contributed by atoms with Gasteiger partial charge in [-0.2, -0.15) is 0 Å². The molecule has 0 aliphatic heterocycles. The summed E-state index contributed by atoms with van der Waals surface area (Å²) in [5, 5.41) is 0.621. The van der Waals surface area contributed by atoms with Crippen molar-refractivity contribution in [1.82, 2.24) is 4.57 Å². The minimum Gasteiger partial charge on any atom is -0.269 e. The number of fused-ring (bicyclic) bond motifs is 1. The van der Waals surface area contributed by atoms with Gasteiger partial charge in [-0.1, -0.05) is 23.5 Å². The molecule has 0 bridgehead atoms. The Bertz CT molecular complexity index is 610. The smallest absolute Gasteiger partial charge is 0.269 e. The maximum Gasteiger partial charge on any atom is 0.310 e. The van der Waals surface area contributed by atoms with E-state index in [4.69, 9.17) is 0 Å². The van der Waals surface area contributed by atoms with Gasteiger partial charge < -0.3 is 0 Å². The van der Waals surface area contributed by atoms with Crippen LogP contribution in [0, 0.1) is 0 Å². The molecule has 0 aliphatic rings. The molecule has 1 aromatic heterocycles. The largest absolute Gasteiger partial charge is 0.310 e. The molecule has 2 aromatic rings. The summed E-state index contributed by atoms with van der Waals surface area (Å²) in [6, 6.07) is 7.11. The highest BCUT2D eigenvalue weighted by molar-refractivity contribution is 7.16. The lowest BCUT2D eigenvalue weighted by Crippen LogP contribution is -2.32. The minimum atomic E-state index is -0.190. The van der Waals surface area contributed by atoms with Gasteiger partial charge in [0.15, 0.2) is 0 Å². The molecule has 4 heteroatoms. The molecule has 0 fully saturated rings. The van der Waals surface area contributed by atoms with E-state index in [1.165, 1.54) is 4.57 Å². The molecule has 1 heterocycles. The summed E-state index contributed by atoms with van der Waals surface area (Å²) in [6.07, 6.45) is 0. The van der Waals surface area contributed by atoms with Crippen LogP contribution < -0.4 is 10.4 Å². The van der Waals surface area contributed by atoms with Crippen molar-refractivity contribution in [2.75, 3.05) is 0 Å². The number of nitrogens with zero attached hydrogens (tertiary/aromatic N) is 1. The molecule has 1 aromatic carbocycles. The number of aromatic nitrogens is 1. The summed E-state index contributed by atoms with van der Waals surface area (Å²) in [4.78, 5) is 23.5. The first-order valence-electron chi connectivity index (χ1n) is 4.75. The van der Waals surface area contributed by atoms with Crippen LogP contribution in [0.5, 0.6) is 0 Å². The monoisotopic (exact) mass is 221 g/mol. The van der Waals surface area contributed by atoms with E-state index in [9.17, 15) is 9.59 Å². The van der Waals surface area contributed by atoms with Crippen molar-refractivity contribution in [1.29, 1.82) is 0 Å². The molecule has 0 N–H and O–H groups in total. The Morgan fingerprint density at radius 3 is 2.53 bits per heavy atom. The normalized spacial score (nSPS) is 11.1. The summed E-state index contributed by atoms with van der Waals surface area (Å²) in [6.45, 7) is 3.68. The molecule has 0 aliphatic carbocycles. The second-order valence-corrected chi connectivity index (χ2v) is 4.63. The van der Waals surface area contributed by atoms with Crippen LogP contribution in [0.25, 0.3) is 10.1 Å². The minimum absolute atomic E-state index is 0.0918. The van der Waals surface area contributed by atoms with Gasteiger partial charge in [0.1, 0.15) is 0 Å². The van der Waals surface area contributed by atoms with Gasteiger partial charge in [0.05, 0.1) is 5.39 Å². The Balaban J connectivity index is 2.97. The zero-order chi connectivity index (χ0) is 11.0. The predicted molar refractivity (Wildman–Crippen MR) is 62.7 cm³/mol. The zero-order valence-corrected chi connectivity index (χ0v) is 9.38. The molecular formula is C11H11NO2S. The van der Waals surface area contributed by atoms with E-state index >= 15 is 0 Å². The summed E-state index contributed by atoms with van der Waals surface area (Å²) in [5.41, 5.74) is -0.190. The fraction of sp³-hybridized carbons (Fsp3) is 0.273. The molecule has 0 saturated heterocycles. The first kappa shape index (κ1) is 10.1. The Morgan fingerprint density at radius 2 is 1.87 bits per heavy atom. The molecular weight excluding hydrogens is 210 g/mol. The van der Waals surface area contributed by atoms with Gasteiger partial charge in [-0.3, -0.25) is 14.2 Å². The van der Waals surface area contributed by atoms with E-state index in [1.807, 2.05) is 26.0 Å². The van der Waals surface area contributed by atoms with Gasteiger partial charge in [0, 0.05) is 10.7 Å². The van der Waals surface area contributed by atoms with Crippen molar-refractivity contribution in [2.45, 2.75) is 19.9 Å². The Morgan fingerprint density at radius 1 is 1.20 bits per heavy atom. The third-order valence-electron chi connectivity index (χ3n) is 2.25. The van der Waals surface area contributed by atoms with Gasteiger partial charge in [-0.05, 0) is 26.0 Å². The number of hydrogen-bond acceptors (Lipinski definition) is 3. The average molecular weight is 221 g/mol. The first-order valence-corrected chi connectivity index (χ1v) is 5.57. The lowest BCUT2D eigenvalue weighted by molar-refractivity contribution is 0.573. The van der Waals surface area contributed by atoms with Crippen LogP contribution in [-0.4, -0.2) is 4.57 Å². The van der Waals surface area contributed by atoms with Crippen molar-refractivity contribution >= 4 is 21.4 Å². The van der Waals surface area contributed by atoms with Gasteiger partial charge in [0.2, 0.25) is 0 Å². The highest BCUT2D eigenvalue weighted by Gasteiger charge is 2.09. The number of rotatable bonds is 1. The van der Waals surface area contributed by atoms with Crippen molar-refractivity contribution in [2.24, 2.45) is 0 Å². The van der Waals surface area contributed by atoms with Crippen LogP contribution in [0.1, 0.15) is 19.9 Å². The summed E-state index contributed by atoms with van der Waals surface area (Å²) in [5.74, 6) is 0. The van der Waals surface area contributed by atoms with Gasteiger partial charge in [-0.15, -0.1) is 0 Å². The SMILES string of the molecule is CC(C)n1c(=O)sc2ccccc2c1=O. The summed E-state index contributed by atoms with van der Waals surface area (Å²) >= 11 is 1.12. The van der Waals surface area contributed by atoms with E-state index in [-0.39, 0.29) is 16.5 Å². The lowest BCUT2D eigenvalue weighted by Gasteiger charge is -2.08. The Labute approximate surface area is 90.6 Å². The molecule has 0 amide bonds. The second-order valence-electron chi connectivity index (χ2n) is 3.63.